The standard InChI is InChI=1S/C23H21ClN4O4S/c1-12-9-16(14(3)27-18-6-7-19(24)28-23(18)33(25,30)31)22-17(10-12)20(29)13(2)21(32-22)15-5-4-8-26-11-15/h4-11,14,27H,1-3H3,(H2,25,30,31). The van der Waals surface area contributed by atoms with E-state index < -0.39 is 16.1 Å². The van der Waals surface area contributed by atoms with E-state index in [1.165, 1.54) is 12.1 Å². The summed E-state index contributed by atoms with van der Waals surface area (Å²) in [4.78, 5) is 21.2. The first kappa shape index (κ1) is 22.9. The Kier molecular flexibility index (Phi) is 5.96. The first-order valence-corrected chi connectivity index (χ1v) is 11.9. The second-order valence-electron chi connectivity index (χ2n) is 7.76. The third-order valence-corrected chi connectivity index (χ3v) is 6.31. The molecule has 3 aromatic heterocycles. The highest BCUT2D eigenvalue weighted by atomic mass is 35.5. The molecule has 170 valence electrons. The molecule has 0 radical (unpaired) electrons. The van der Waals surface area contributed by atoms with Crippen molar-refractivity contribution in [1.29, 1.82) is 0 Å². The zero-order valence-electron chi connectivity index (χ0n) is 18.1. The van der Waals surface area contributed by atoms with Gasteiger partial charge in [0.1, 0.15) is 16.5 Å². The maximum Gasteiger partial charge on any atom is 0.257 e. The Morgan fingerprint density at radius 1 is 1.18 bits per heavy atom. The van der Waals surface area contributed by atoms with Crippen LogP contribution in [0.3, 0.4) is 0 Å². The number of hydrogen-bond donors (Lipinski definition) is 2. The van der Waals surface area contributed by atoms with Crippen molar-refractivity contribution in [2.24, 2.45) is 5.14 Å². The first-order valence-electron chi connectivity index (χ1n) is 10.0. The molecule has 1 atom stereocenters. The van der Waals surface area contributed by atoms with Crippen molar-refractivity contribution in [3.8, 4) is 11.3 Å². The molecule has 4 rings (SSSR count). The summed E-state index contributed by atoms with van der Waals surface area (Å²) in [6.07, 6.45) is 3.27. The van der Waals surface area contributed by atoms with Crippen molar-refractivity contribution < 1.29 is 12.8 Å². The number of anilines is 1. The van der Waals surface area contributed by atoms with Crippen molar-refractivity contribution in [3.63, 3.8) is 0 Å². The molecule has 0 bridgehead atoms. The molecule has 8 nitrogen and oxygen atoms in total. The fourth-order valence-corrected chi connectivity index (χ4v) is 4.57. The van der Waals surface area contributed by atoms with Crippen LogP contribution in [-0.4, -0.2) is 18.4 Å². The molecule has 33 heavy (non-hydrogen) atoms. The number of benzene rings is 1. The van der Waals surface area contributed by atoms with Crippen LogP contribution in [0.2, 0.25) is 5.15 Å². The molecule has 0 spiro atoms. The minimum atomic E-state index is -4.13. The Hall–Kier alpha value is -3.27. The zero-order valence-corrected chi connectivity index (χ0v) is 19.7. The third kappa shape index (κ3) is 4.47. The van der Waals surface area contributed by atoms with Crippen molar-refractivity contribution >= 4 is 38.3 Å². The Morgan fingerprint density at radius 2 is 1.94 bits per heavy atom. The molecule has 3 heterocycles. The maximum absolute atomic E-state index is 13.2. The van der Waals surface area contributed by atoms with Gasteiger partial charge in [0, 0.05) is 29.1 Å². The van der Waals surface area contributed by atoms with Crippen LogP contribution in [0.4, 0.5) is 5.69 Å². The summed E-state index contributed by atoms with van der Waals surface area (Å²) in [7, 11) is -4.13. The van der Waals surface area contributed by atoms with Crippen LogP contribution in [0.1, 0.15) is 29.7 Å². The molecular weight excluding hydrogens is 464 g/mol. The quantitative estimate of drug-likeness (QED) is 0.403. The van der Waals surface area contributed by atoms with Crippen molar-refractivity contribution in [3.05, 3.63) is 80.9 Å². The lowest BCUT2D eigenvalue weighted by Crippen LogP contribution is -2.18. The molecule has 0 amide bonds. The third-order valence-electron chi connectivity index (χ3n) is 5.25. The van der Waals surface area contributed by atoms with Crippen LogP contribution in [0, 0.1) is 13.8 Å². The second kappa shape index (κ2) is 8.58. The normalized spacial score (nSPS) is 12.6. The fourth-order valence-electron chi connectivity index (χ4n) is 3.72. The van der Waals surface area contributed by atoms with Gasteiger partial charge in [-0.1, -0.05) is 17.7 Å². The molecule has 10 heteroatoms. The minimum absolute atomic E-state index is 0.000757. The number of nitrogens with two attached hydrogens (primary N) is 1. The molecule has 0 aliphatic carbocycles. The van der Waals surface area contributed by atoms with E-state index in [1.807, 2.05) is 26.0 Å². The second-order valence-corrected chi connectivity index (χ2v) is 9.62. The van der Waals surface area contributed by atoms with E-state index >= 15 is 0 Å². The van der Waals surface area contributed by atoms with E-state index in [9.17, 15) is 13.2 Å². The molecule has 1 aromatic carbocycles. The number of primary sulfonamides is 1. The fraction of sp³-hybridized carbons (Fsp3) is 0.174. The van der Waals surface area contributed by atoms with Crippen molar-refractivity contribution in [1.82, 2.24) is 9.97 Å². The summed E-state index contributed by atoms with van der Waals surface area (Å²) in [5.74, 6) is 0.427. The summed E-state index contributed by atoms with van der Waals surface area (Å²) in [5, 5.41) is 8.51. The van der Waals surface area contributed by atoms with Crippen LogP contribution >= 0.6 is 11.6 Å². The first-order chi connectivity index (χ1) is 15.6. The number of halogens is 1. The largest absolute Gasteiger partial charge is 0.455 e. The van der Waals surface area contributed by atoms with E-state index in [2.05, 4.69) is 15.3 Å². The highest BCUT2D eigenvalue weighted by Crippen LogP contribution is 2.33. The monoisotopic (exact) mass is 484 g/mol. The van der Waals surface area contributed by atoms with E-state index in [-0.39, 0.29) is 21.3 Å². The van der Waals surface area contributed by atoms with Crippen LogP contribution in [0.25, 0.3) is 22.3 Å². The van der Waals surface area contributed by atoms with Gasteiger partial charge in [-0.05, 0) is 56.7 Å². The number of aryl methyl sites for hydroxylation is 1. The lowest BCUT2D eigenvalue weighted by atomic mass is 9.99. The summed E-state index contributed by atoms with van der Waals surface area (Å²) in [6, 6.07) is 9.72. The molecule has 3 N–H and O–H groups in total. The van der Waals surface area contributed by atoms with E-state index in [0.29, 0.717) is 33.4 Å². The van der Waals surface area contributed by atoms with E-state index in [4.69, 9.17) is 21.2 Å². The SMILES string of the molecule is Cc1cc(C(C)Nc2ccc(Cl)nc2S(N)(=O)=O)c2oc(-c3cccnc3)c(C)c(=O)c2c1. The molecule has 0 saturated heterocycles. The number of rotatable bonds is 5. The van der Waals surface area contributed by atoms with Crippen molar-refractivity contribution in [2.45, 2.75) is 31.8 Å². The van der Waals surface area contributed by atoms with E-state index in [1.54, 1.807) is 31.5 Å². The Labute approximate surface area is 195 Å². The zero-order chi connectivity index (χ0) is 23.9. The molecule has 4 aromatic rings. The number of aromatic nitrogens is 2. The number of sulfonamides is 1. The molecule has 0 fully saturated rings. The summed E-state index contributed by atoms with van der Waals surface area (Å²) >= 11 is 5.87. The van der Waals surface area contributed by atoms with Crippen LogP contribution in [0.5, 0.6) is 0 Å². The van der Waals surface area contributed by atoms with Gasteiger partial charge >= 0.3 is 0 Å². The number of pyridine rings is 2. The van der Waals surface area contributed by atoms with Crippen LogP contribution in [-0.2, 0) is 10.0 Å². The predicted octanol–water partition coefficient (Wildman–Crippen LogP) is 4.34. The summed E-state index contributed by atoms with van der Waals surface area (Å²) in [6.45, 7) is 5.41. The van der Waals surface area contributed by atoms with Crippen LogP contribution < -0.4 is 15.9 Å². The topological polar surface area (TPSA) is 128 Å². The molecule has 0 aliphatic heterocycles. The highest BCUT2D eigenvalue weighted by Gasteiger charge is 2.22. The number of fused-ring (bicyclic) bond motifs is 1. The average molecular weight is 485 g/mol. The number of nitrogens with zero attached hydrogens (tertiary/aromatic N) is 2. The van der Waals surface area contributed by atoms with Gasteiger partial charge < -0.3 is 9.73 Å². The summed E-state index contributed by atoms with van der Waals surface area (Å²) in [5.41, 5.74) is 3.12. The van der Waals surface area contributed by atoms with E-state index in [0.717, 1.165) is 5.56 Å². The van der Waals surface area contributed by atoms with Crippen LogP contribution in [0.15, 0.2) is 63.0 Å². The van der Waals surface area contributed by atoms with Gasteiger partial charge in [-0.3, -0.25) is 9.78 Å². The lowest BCUT2D eigenvalue weighted by molar-refractivity contribution is 0.594. The Morgan fingerprint density at radius 3 is 2.61 bits per heavy atom. The van der Waals surface area contributed by atoms with Gasteiger partial charge in [-0.25, -0.2) is 18.5 Å². The smallest absolute Gasteiger partial charge is 0.257 e. The Balaban J connectivity index is 1.90. The maximum atomic E-state index is 13.2. The van der Waals surface area contributed by atoms with Gasteiger partial charge in [-0.15, -0.1) is 0 Å². The lowest BCUT2D eigenvalue weighted by Gasteiger charge is -2.20. The number of nitrogens with one attached hydrogen (secondary N) is 1. The molecule has 0 saturated carbocycles. The van der Waals surface area contributed by atoms with Gasteiger partial charge in [-0.2, -0.15) is 0 Å². The Bertz CT molecular complexity index is 1540. The predicted molar refractivity (Wildman–Crippen MR) is 128 cm³/mol. The van der Waals surface area contributed by atoms with Gasteiger partial charge in [0.25, 0.3) is 10.0 Å². The molecular formula is C23H21ClN4O4S. The molecule has 1 unspecified atom stereocenters. The van der Waals surface area contributed by atoms with Gasteiger partial charge in [0.05, 0.1) is 17.1 Å². The van der Waals surface area contributed by atoms with Gasteiger partial charge in [0.2, 0.25) is 0 Å². The summed E-state index contributed by atoms with van der Waals surface area (Å²) < 4.78 is 30.3. The molecule has 0 aliphatic rings. The highest BCUT2D eigenvalue weighted by molar-refractivity contribution is 7.89. The number of hydrogen-bond acceptors (Lipinski definition) is 7. The van der Waals surface area contributed by atoms with Crippen molar-refractivity contribution in [2.75, 3.05) is 5.32 Å². The van der Waals surface area contributed by atoms with Gasteiger partial charge in [0.15, 0.2) is 10.5 Å². The average Bonchev–Trinajstić information content (AvgIpc) is 2.77. The minimum Gasteiger partial charge on any atom is -0.455 e.